The molecule has 0 saturated heterocycles. The van der Waals surface area contributed by atoms with Crippen LogP contribution in [0.1, 0.15) is 25.6 Å². The smallest absolute Gasteiger partial charge is 0.238 e. The van der Waals surface area contributed by atoms with Gasteiger partial charge in [-0.2, -0.15) is 0 Å². The number of benzene rings is 2. The number of amides is 2. The number of nitrogens with one attached hydrogen (secondary N) is 2. The van der Waals surface area contributed by atoms with Gasteiger partial charge in [0.2, 0.25) is 11.8 Å². The standard InChI is InChI=1S/C23H27N3O4/c1-4-26(15-23(28)25-18-9-11-19(29-3)12-10-18)14-22(27)24-16(2)21-13-17-7-5-6-8-20(17)30-21/h5-13,16H,4,14-15H2,1-3H3,(H,24,27)(H,25,28)/t16-/m0/s1. The van der Waals surface area contributed by atoms with E-state index in [9.17, 15) is 9.59 Å². The van der Waals surface area contributed by atoms with Gasteiger partial charge >= 0.3 is 0 Å². The Morgan fingerprint density at radius 1 is 1.07 bits per heavy atom. The van der Waals surface area contributed by atoms with Crippen LogP contribution in [0.2, 0.25) is 0 Å². The van der Waals surface area contributed by atoms with Crippen LogP contribution in [0.5, 0.6) is 5.75 Å². The van der Waals surface area contributed by atoms with Crippen molar-refractivity contribution in [2.24, 2.45) is 0 Å². The van der Waals surface area contributed by atoms with E-state index in [0.717, 1.165) is 16.7 Å². The number of ether oxygens (including phenoxy) is 1. The number of furan rings is 1. The fraction of sp³-hybridized carbons (Fsp3) is 0.304. The van der Waals surface area contributed by atoms with Crippen molar-refractivity contribution in [3.8, 4) is 5.75 Å². The average Bonchev–Trinajstić information content (AvgIpc) is 3.18. The molecule has 0 spiro atoms. The number of para-hydroxylation sites is 1. The molecule has 0 fully saturated rings. The zero-order chi connectivity index (χ0) is 21.5. The summed E-state index contributed by atoms with van der Waals surface area (Å²) in [5, 5.41) is 6.77. The highest BCUT2D eigenvalue weighted by molar-refractivity contribution is 5.92. The van der Waals surface area contributed by atoms with Crippen LogP contribution in [-0.4, -0.2) is 43.5 Å². The highest BCUT2D eigenvalue weighted by Gasteiger charge is 2.17. The number of methoxy groups -OCH3 is 1. The largest absolute Gasteiger partial charge is 0.497 e. The third-order valence-corrected chi connectivity index (χ3v) is 4.80. The maximum Gasteiger partial charge on any atom is 0.238 e. The molecular formula is C23H27N3O4. The summed E-state index contributed by atoms with van der Waals surface area (Å²) in [4.78, 5) is 26.6. The zero-order valence-corrected chi connectivity index (χ0v) is 17.5. The molecular weight excluding hydrogens is 382 g/mol. The lowest BCUT2D eigenvalue weighted by Crippen LogP contribution is -2.41. The first kappa shape index (κ1) is 21.4. The van der Waals surface area contributed by atoms with Gasteiger partial charge in [0.25, 0.3) is 0 Å². The third kappa shape index (κ3) is 5.61. The van der Waals surface area contributed by atoms with Gasteiger partial charge in [-0.1, -0.05) is 25.1 Å². The number of hydrogen-bond acceptors (Lipinski definition) is 5. The summed E-state index contributed by atoms with van der Waals surface area (Å²) in [6, 6.07) is 16.5. The maximum absolute atomic E-state index is 12.5. The molecule has 1 heterocycles. The monoisotopic (exact) mass is 409 g/mol. The van der Waals surface area contributed by atoms with E-state index in [-0.39, 0.29) is 30.9 Å². The average molecular weight is 409 g/mol. The molecule has 3 rings (SSSR count). The lowest BCUT2D eigenvalue weighted by molar-refractivity contribution is -0.124. The number of anilines is 1. The van der Waals surface area contributed by atoms with E-state index in [1.165, 1.54) is 0 Å². The van der Waals surface area contributed by atoms with Crippen LogP contribution in [0.25, 0.3) is 11.0 Å². The van der Waals surface area contributed by atoms with Crippen molar-refractivity contribution in [3.63, 3.8) is 0 Å². The van der Waals surface area contributed by atoms with Gasteiger partial charge in [0.1, 0.15) is 17.1 Å². The Kier molecular flexibility index (Phi) is 7.08. The Balaban J connectivity index is 1.51. The first-order chi connectivity index (χ1) is 14.5. The number of likely N-dealkylation sites (N-methyl/N-ethyl adjacent to an activating group) is 1. The Hall–Kier alpha value is -3.32. The van der Waals surface area contributed by atoms with Crippen molar-refractivity contribution in [1.29, 1.82) is 0 Å². The summed E-state index contributed by atoms with van der Waals surface area (Å²) >= 11 is 0. The van der Waals surface area contributed by atoms with Crippen LogP contribution in [-0.2, 0) is 9.59 Å². The van der Waals surface area contributed by atoms with Crippen molar-refractivity contribution < 1.29 is 18.7 Å². The van der Waals surface area contributed by atoms with E-state index in [1.54, 1.807) is 36.3 Å². The molecule has 0 unspecified atom stereocenters. The molecule has 0 radical (unpaired) electrons. The first-order valence-corrected chi connectivity index (χ1v) is 9.92. The lowest BCUT2D eigenvalue weighted by atomic mass is 10.2. The lowest BCUT2D eigenvalue weighted by Gasteiger charge is -2.20. The summed E-state index contributed by atoms with van der Waals surface area (Å²) in [7, 11) is 1.59. The molecule has 2 aromatic carbocycles. The van der Waals surface area contributed by atoms with Gasteiger partial charge in [-0.15, -0.1) is 0 Å². The highest BCUT2D eigenvalue weighted by Crippen LogP contribution is 2.23. The number of carbonyl (C=O) groups is 2. The summed E-state index contributed by atoms with van der Waals surface area (Å²) in [5.41, 5.74) is 1.47. The second-order valence-corrected chi connectivity index (χ2v) is 7.06. The van der Waals surface area contributed by atoms with Gasteiger partial charge in [0.05, 0.1) is 26.2 Å². The van der Waals surface area contributed by atoms with Crippen molar-refractivity contribution >= 4 is 28.5 Å². The van der Waals surface area contributed by atoms with Crippen LogP contribution in [0.3, 0.4) is 0 Å². The number of carbonyl (C=O) groups excluding carboxylic acids is 2. The Bertz CT molecular complexity index is 964. The number of fused-ring (bicyclic) bond motifs is 1. The van der Waals surface area contributed by atoms with Crippen molar-refractivity contribution in [1.82, 2.24) is 10.2 Å². The predicted molar refractivity (Wildman–Crippen MR) is 117 cm³/mol. The van der Waals surface area contributed by atoms with Gasteiger partial charge < -0.3 is 19.8 Å². The molecule has 1 aromatic heterocycles. The quantitative estimate of drug-likeness (QED) is 0.564. The zero-order valence-electron chi connectivity index (χ0n) is 17.5. The fourth-order valence-electron chi connectivity index (χ4n) is 3.13. The maximum atomic E-state index is 12.5. The van der Waals surface area contributed by atoms with Gasteiger partial charge in [0.15, 0.2) is 0 Å². The van der Waals surface area contributed by atoms with Crippen LogP contribution in [0, 0.1) is 0 Å². The Morgan fingerprint density at radius 3 is 2.43 bits per heavy atom. The molecule has 0 aliphatic heterocycles. The number of hydrogen-bond donors (Lipinski definition) is 2. The van der Waals surface area contributed by atoms with Gasteiger partial charge in [-0.05, 0) is 49.9 Å². The minimum Gasteiger partial charge on any atom is -0.497 e. The summed E-state index contributed by atoms with van der Waals surface area (Å²) in [5.74, 6) is 1.07. The molecule has 2 N–H and O–H groups in total. The van der Waals surface area contributed by atoms with Crippen LogP contribution in [0.4, 0.5) is 5.69 Å². The van der Waals surface area contributed by atoms with Gasteiger partial charge in [0, 0.05) is 11.1 Å². The molecule has 0 aliphatic carbocycles. The molecule has 3 aromatic rings. The fourth-order valence-corrected chi connectivity index (χ4v) is 3.13. The molecule has 1 atom stereocenters. The third-order valence-electron chi connectivity index (χ3n) is 4.80. The van der Waals surface area contributed by atoms with Gasteiger partial charge in [-0.3, -0.25) is 14.5 Å². The summed E-state index contributed by atoms with van der Waals surface area (Å²) in [6.45, 7) is 4.60. The first-order valence-electron chi connectivity index (χ1n) is 9.92. The molecule has 7 nitrogen and oxygen atoms in total. The number of rotatable bonds is 9. The highest BCUT2D eigenvalue weighted by atomic mass is 16.5. The molecule has 0 saturated carbocycles. The Labute approximate surface area is 176 Å². The van der Waals surface area contributed by atoms with Crippen LogP contribution < -0.4 is 15.4 Å². The topological polar surface area (TPSA) is 83.8 Å². The minimum absolute atomic E-state index is 0.120. The van der Waals surface area contributed by atoms with Crippen molar-refractivity contribution in [3.05, 3.63) is 60.4 Å². The summed E-state index contributed by atoms with van der Waals surface area (Å²) < 4.78 is 10.9. The van der Waals surface area contributed by atoms with E-state index in [0.29, 0.717) is 18.0 Å². The van der Waals surface area contributed by atoms with E-state index in [1.807, 2.05) is 44.2 Å². The molecule has 30 heavy (non-hydrogen) atoms. The van der Waals surface area contributed by atoms with E-state index < -0.39 is 0 Å². The number of nitrogens with zero attached hydrogens (tertiary/aromatic N) is 1. The van der Waals surface area contributed by atoms with Gasteiger partial charge in [-0.25, -0.2) is 0 Å². The molecule has 2 amide bonds. The van der Waals surface area contributed by atoms with Crippen molar-refractivity contribution in [2.75, 3.05) is 32.1 Å². The normalized spacial score (nSPS) is 12.0. The van der Waals surface area contributed by atoms with E-state index >= 15 is 0 Å². The molecule has 158 valence electrons. The molecule has 7 heteroatoms. The van der Waals surface area contributed by atoms with Crippen LogP contribution >= 0.6 is 0 Å². The van der Waals surface area contributed by atoms with Crippen LogP contribution in [0.15, 0.2) is 59.0 Å². The Morgan fingerprint density at radius 2 is 1.77 bits per heavy atom. The summed E-state index contributed by atoms with van der Waals surface area (Å²) in [6.07, 6.45) is 0. The SMILES string of the molecule is CCN(CC(=O)Nc1ccc(OC)cc1)CC(=O)N[C@@H](C)c1cc2ccccc2o1. The predicted octanol–water partition coefficient (Wildman–Crippen LogP) is 3.58. The second-order valence-electron chi connectivity index (χ2n) is 7.06. The van der Waals surface area contributed by atoms with E-state index in [2.05, 4.69) is 10.6 Å². The molecule has 0 aliphatic rings. The van der Waals surface area contributed by atoms with Crippen molar-refractivity contribution in [2.45, 2.75) is 19.9 Å². The molecule has 0 bridgehead atoms. The minimum atomic E-state index is -0.267. The second kappa shape index (κ2) is 9.93. The van der Waals surface area contributed by atoms with E-state index in [4.69, 9.17) is 9.15 Å².